The average molecular weight is 981 g/mol. The molecule has 1 aliphatic carbocycles. The minimum absolute atomic E-state index is 0.282. The van der Waals surface area contributed by atoms with Gasteiger partial charge >= 0.3 is 23.9 Å². The van der Waals surface area contributed by atoms with Crippen molar-refractivity contribution in [2.45, 2.75) is 92.4 Å². The van der Waals surface area contributed by atoms with E-state index in [-0.39, 0.29) is 22.8 Å². The van der Waals surface area contributed by atoms with Crippen molar-refractivity contribution in [2.75, 3.05) is 29.3 Å². The van der Waals surface area contributed by atoms with Crippen LogP contribution in [0, 0.1) is 23.7 Å². The van der Waals surface area contributed by atoms with Crippen LogP contribution in [0.15, 0.2) is 120 Å². The molecule has 0 atom stereocenters. The smallest absolute Gasteiger partial charge is 0.389 e. The van der Waals surface area contributed by atoms with Gasteiger partial charge in [0.2, 0.25) is 0 Å². The van der Waals surface area contributed by atoms with Crippen molar-refractivity contribution in [1.29, 1.82) is 0 Å². The number of thiol groups is 2. The van der Waals surface area contributed by atoms with Gasteiger partial charge in [0.05, 0.1) is 0 Å². The zero-order valence-electron chi connectivity index (χ0n) is 40.3. The molecule has 0 aliphatic heterocycles. The van der Waals surface area contributed by atoms with Gasteiger partial charge in [0.25, 0.3) is 0 Å². The van der Waals surface area contributed by atoms with Crippen LogP contribution >= 0.6 is 48.8 Å². The van der Waals surface area contributed by atoms with Gasteiger partial charge in [-0.3, -0.25) is 0 Å². The molecule has 356 valence electrons. The van der Waals surface area contributed by atoms with Crippen molar-refractivity contribution >= 4 is 72.7 Å². The summed E-state index contributed by atoms with van der Waals surface area (Å²) in [6.45, 7) is 17.2. The van der Waals surface area contributed by atoms with Crippen molar-refractivity contribution in [3.05, 3.63) is 142 Å². The van der Waals surface area contributed by atoms with Crippen LogP contribution in [0.4, 0.5) is 0 Å². The highest BCUT2D eigenvalue weighted by molar-refractivity contribution is 8.05. The lowest BCUT2D eigenvalue weighted by atomic mass is 9.78. The third-order valence-electron chi connectivity index (χ3n) is 9.41. The lowest BCUT2D eigenvalue weighted by Gasteiger charge is -2.26. The highest BCUT2D eigenvalue weighted by Crippen LogP contribution is 2.35. The molecule has 1 saturated carbocycles. The van der Waals surface area contributed by atoms with E-state index in [4.69, 9.17) is 18.9 Å². The SMILES string of the molecule is C1CC1.CC#CC(=O)Oc1ccc(C(C)(C)c2ccc(OC(=O)C#CC)cc2)cc1.CSCCSC(C)=CC(=O)Oc1ccc(C(C)(C)c2ccc(OC(=O)C=C(C)C)cc2)cc1.SCCS. The molecule has 12 heteroatoms. The standard InChI is InChI=1S/C27H32O4S2.C23H20O4.C3H6.C2H6S2/c1-19(2)17-25(28)30-23-11-7-21(8-12-23)27(4,5)22-9-13-24(14-10-22)31-26(29)18-20(3)33-16-15-32-6;1-5-7-21(24)26-19-13-9-17(10-14-19)23(3,4)18-11-15-20(16-12-18)27-22(25)8-6-2;1-2-3-1;3-1-2-4/h7-14,17-18H,15-16H2,1-6H3;9-16H,1-4H3;1-3H2;3-4H,1-2H2. The number of carbonyl (C=O) groups excluding carboxylic acids is 4. The fourth-order valence-corrected chi connectivity index (χ4v) is 7.08. The summed E-state index contributed by atoms with van der Waals surface area (Å²) in [5.74, 6) is 13.5. The number of benzene rings is 4. The molecule has 0 radical (unpaired) electrons. The number of allylic oxidation sites excluding steroid dienone is 2. The Morgan fingerprint density at radius 3 is 1.12 bits per heavy atom. The molecular weight excluding hydrogens is 917 g/mol. The van der Waals surface area contributed by atoms with Gasteiger partial charge in [0.1, 0.15) is 23.0 Å². The summed E-state index contributed by atoms with van der Waals surface area (Å²) in [4.78, 5) is 47.8. The molecule has 8 nitrogen and oxygen atoms in total. The van der Waals surface area contributed by atoms with E-state index in [9.17, 15) is 19.2 Å². The first-order valence-electron chi connectivity index (χ1n) is 21.7. The van der Waals surface area contributed by atoms with Gasteiger partial charge in [-0.1, -0.05) is 113 Å². The molecular formula is C55H64O8S4. The van der Waals surface area contributed by atoms with Gasteiger partial charge < -0.3 is 18.9 Å². The predicted octanol–water partition coefficient (Wildman–Crippen LogP) is 12.7. The highest BCUT2D eigenvalue weighted by atomic mass is 32.2. The van der Waals surface area contributed by atoms with Crippen LogP contribution < -0.4 is 18.9 Å². The molecule has 0 bridgehead atoms. The van der Waals surface area contributed by atoms with Crippen LogP contribution in [0.3, 0.4) is 0 Å². The van der Waals surface area contributed by atoms with Crippen molar-refractivity contribution in [3.8, 4) is 46.7 Å². The van der Waals surface area contributed by atoms with Crippen molar-refractivity contribution in [2.24, 2.45) is 0 Å². The monoisotopic (exact) mass is 980 g/mol. The number of esters is 4. The van der Waals surface area contributed by atoms with Crippen molar-refractivity contribution < 1.29 is 38.1 Å². The average Bonchev–Trinajstić information content (AvgIpc) is 4.18. The van der Waals surface area contributed by atoms with E-state index in [0.717, 1.165) is 55.7 Å². The first-order chi connectivity index (χ1) is 31.9. The summed E-state index contributed by atoms with van der Waals surface area (Å²) in [7, 11) is 0. The van der Waals surface area contributed by atoms with Gasteiger partial charge in [-0.2, -0.15) is 37.0 Å². The van der Waals surface area contributed by atoms with Crippen molar-refractivity contribution in [3.63, 3.8) is 0 Å². The second kappa shape index (κ2) is 30.9. The molecule has 0 spiro atoms. The minimum atomic E-state index is -0.581. The molecule has 0 heterocycles. The Kier molecular flexibility index (Phi) is 26.7. The lowest BCUT2D eigenvalue weighted by Crippen LogP contribution is -2.19. The summed E-state index contributed by atoms with van der Waals surface area (Å²) >= 11 is 11.1. The zero-order valence-corrected chi connectivity index (χ0v) is 43.7. The number of ether oxygens (including phenoxy) is 4. The summed E-state index contributed by atoms with van der Waals surface area (Å²) in [6.07, 6.45) is 9.57. The summed E-state index contributed by atoms with van der Waals surface area (Å²) in [5.41, 5.74) is 4.57. The minimum Gasteiger partial charge on any atom is -0.423 e. The number of thioether (sulfide) groups is 2. The first kappa shape index (κ1) is 57.9. The molecule has 4 aromatic carbocycles. The zero-order chi connectivity index (χ0) is 49.8. The molecule has 0 amide bonds. The number of hydrogen-bond donors (Lipinski definition) is 2. The van der Waals surface area contributed by atoms with E-state index in [1.807, 2.05) is 81.4 Å². The number of carbonyl (C=O) groups is 4. The Hall–Kier alpha value is -5.24. The maximum Gasteiger partial charge on any atom is 0.389 e. The van der Waals surface area contributed by atoms with Crippen LogP contribution in [0.25, 0.3) is 0 Å². The van der Waals surface area contributed by atoms with Gasteiger partial charge in [-0.25, -0.2) is 19.2 Å². The molecule has 1 fully saturated rings. The van der Waals surface area contributed by atoms with Crippen LogP contribution in [0.2, 0.25) is 0 Å². The third kappa shape index (κ3) is 22.9. The molecule has 5 rings (SSSR count). The largest absolute Gasteiger partial charge is 0.423 e. The molecule has 0 aromatic heterocycles. The Morgan fingerprint density at radius 1 is 0.537 bits per heavy atom. The van der Waals surface area contributed by atoms with E-state index in [0.29, 0.717) is 23.0 Å². The molecule has 67 heavy (non-hydrogen) atoms. The Labute approximate surface area is 418 Å². The van der Waals surface area contributed by atoms with E-state index in [2.05, 4.69) is 82.9 Å². The number of rotatable bonds is 15. The van der Waals surface area contributed by atoms with E-state index in [1.165, 1.54) is 31.4 Å². The Bertz CT molecular complexity index is 2290. The van der Waals surface area contributed by atoms with Gasteiger partial charge in [0.15, 0.2) is 0 Å². The molecule has 0 saturated heterocycles. The predicted molar refractivity (Wildman–Crippen MR) is 285 cm³/mol. The van der Waals surface area contributed by atoms with Crippen molar-refractivity contribution in [1.82, 2.24) is 0 Å². The maximum absolute atomic E-state index is 12.2. The fraction of sp³-hybridized carbons (Fsp3) is 0.345. The summed E-state index contributed by atoms with van der Waals surface area (Å²) in [5, 5.41) is 0. The van der Waals surface area contributed by atoms with E-state index in [1.54, 1.807) is 73.8 Å². The van der Waals surface area contributed by atoms with Gasteiger partial charge in [-0.05, 0) is 128 Å². The second-order valence-electron chi connectivity index (χ2n) is 16.0. The molecule has 1 aliphatic rings. The fourth-order valence-electron chi connectivity index (χ4n) is 5.58. The van der Waals surface area contributed by atoms with Gasteiger partial charge in [-0.15, -0.1) is 11.8 Å². The van der Waals surface area contributed by atoms with E-state index >= 15 is 0 Å². The van der Waals surface area contributed by atoms with Crippen LogP contribution in [0.1, 0.15) is 104 Å². The summed E-state index contributed by atoms with van der Waals surface area (Å²) < 4.78 is 21.0. The maximum atomic E-state index is 12.2. The number of hydrogen-bond acceptors (Lipinski definition) is 12. The third-order valence-corrected chi connectivity index (χ3v) is 12.1. The Balaban J connectivity index is 0.000000407. The van der Waals surface area contributed by atoms with Crippen LogP contribution in [-0.2, 0) is 30.0 Å². The van der Waals surface area contributed by atoms with E-state index < -0.39 is 11.9 Å². The van der Waals surface area contributed by atoms with Gasteiger partial charge in [0, 0.05) is 46.3 Å². The molecule has 4 aromatic rings. The quantitative estimate of drug-likeness (QED) is 0.0228. The summed E-state index contributed by atoms with van der Waals surface area (Å²) in [6, 6.07) is 29.7. The first-order valence-corrected chi connectivity index (χ1v) is 25.4. The highest BCUT2D eigenvalue weighted by Gasteiger charge is 2.25. The topological polar surface area (TPSA) is 105 Å². The van der Waals surface area contributed by atoms with Crippen LogP contribution in [0.5, 0.6) is 23.0 Å². The molecule has 0 N–H and O–H groups in total. The van der Waals surface area contributed by atoms with Crippen LogP contribution in [-0.4, -0.2) is 53.1 Å². The second-order valence-corrected chi connectivity index (χ2v) is 19.3. The molecule has 0 unspecified atom stereocenters. The normalized spacial score (nSPS) is 11.3. The Morgan fingerprint density at radius 2 is 0.851 bits per heavy atom. The lowest BCUT2D eigenvalue weighted by molar-refractivity contribution is -0.129.